The molecule has 0 saturated carbocycles. The van der Waals surface area contributed by atoms with Gasteiger partial charge in [0.1, 0.15) is 17.2 Å². The number of anilines is 1. The molecule has 0 bridgehead atoms. The Hall–Kier alpha value is -3.29. The molecule has 0 unspecified atom stereocenters. The Morgan fingerprint density at radius 1 is 1.12 bits per heavy atom. The van der Waals surface area contributed by atoms with Crippen LogP contribution in [0.25, 0.3) is 0 Å². The Morgan fingerprint density at radius 2 is 1.88 bits per heavy atom. The zero-order valence-corrected chi connectivity index (χ0v) is 14.0. The number of hydrogen-bond donors (Lipinski definition) is 2. The molecule has 0 aliphatic carbocycles. The first kappa shape index (κ1) is 18.1. The van der Waals surface area contributed by atoms with Crippen LogP contribution in [0.3, 0.4) is 0 Å². The Morgan fingerprint density at radius 3 is 2.48 bits per heavy atom. The van der Waals surface area contributed by atoms with Gasteiger partial charge in [0.25, 0.3) is 5.91 Å². The molecule has 1 aromatic heterocycles. The van der Waals surface area contributed by atoms with Gasteiger partial charge in [-0.15, -0.1) is 0 Å². The zero-order valence-electron chi connectivity index (χ0n) is 14.0. The number of benzene rings is 1. The molecule has 0 fully saturated rings. The highest BCUT2D eigenvalue weighted by atomic mass is 16.5. The largest absolute Gasteiger partial charge is 0.497 e. The first-order valence-corrected chi connectivity index (χ1v) is 7.33. The van der Waals surface area contributed by atoms with Crippen molar-refractivity contribution in [2.75, 3.05) is 26.1 Å². The van der Waals surface area contributed by atoms with E-state index in [1.807, 2.05) is 0 Å². The van der Waals surface area contributed by atoms with Crippen molar-refractivity contribution in [2.24, 2.45) is 0 Å². The minimum atomic E-state index is -0.732. The molecule has 1 aromatic carbocycles. The number of Topliss-reactive ketones (excluding diaryl/α,β-unsaturated/α-hetero) is 1. The fourth-order valence-corrected chi connectivity index (χ4v) is 2.01. The maximum Gasteiger partial charge on any atom is 0.355 e. The Balaban J connectivity index is 1.94. The quantitative estimate of drug-likeness (QED) is 0.587. The van der Waals surface area contributed by atoms with Gasteiger partial charge >= 0.3 is 5.97 Å². The van der Waals surface area contributed by atoms with Gasteiger partial charge in [-0.05, 0) is 25.1 Å². The number of carbonyl (C=O) groups excluding carboxylic acids is 3. The van der Waals surface area contributed by atoms with Crippen LogP contribution in [-0.4, -0.2) is 43.5 Å². The summed E-state index contributed by atoms with van der Waals surface area (Å²) in [6, 6.07) is 6.26. The van der Waals surface area contributed by atoms with Gasteiger partial charge in [0, 0.05) is 17.8 Å². The molecule has 2 N–H and O–H groups in total. The highest BCUT2D eigenvalue weighted by Crippen LogP contribution is 2.28. The zero-order chi connectivity index (χ0) is 18.4. The molecule has 0 spiro atoms. The average molecular weight is 346 g/mol. The van der Waals surface area contributed by atoms with Crippen molar-refractivity contribution in [3.05, 3.63) is 41.7 Å². The summed E-state index contributed by atoms with van der Waals surface area (Å²) in [5.74, 6) is -0.456. The highest BCUT2D eigenvalue weighted by Gasteiger charge is 2.15. The molecule has 25 heavy (non-hydrogen) atoms. The maximum atomic E-state index is 11.9. The summed E-state index contributed by atoms with van der Waals surface area (Å²) in [5, 5.41) is 2.58. The number of ketones is 1. The van der Waals surface area contributed by atoms with Gasteiger partial charge in [0.2, 0.25) is 0 Å². The summed E-state index contributed by atoms with van der Waals surface area (Å²) in [6.07, 6.45) is 1.40. The van der Waals surface area contributed by atoms with Gasteiger partial charge in [0.05, 0.1) is 19.9 Å². The van der Waals surface area contributed by atoms with Crippen molar-refractivity contribution in [2.45, 2.75) is 6.92 Å². The summed E-state index contributed by atoms with van der Waals surface area (Å²) >= 11 is 0. The molecule has 1 heterocycles. The van der Waals surface area contributed by atoms with Crippen LogP contribution >= 0.6 is 0 Å². The molecule has 2 rings (SSSR count). The molecule has 132 valence electrons. The second kappa shape index (κ2) is 8.00. The predicted molar refractivity (Wildman–Crippen MR) is 89.3 cm³/mol. The van der Waals surface area contributed by atoms with Gasteiger partial charge in [-0.25, -0.2) is 4.79 Å². The number of methoxy groups -OCH3 is 2. The topological polar surface area (TPSA) is 107 Å². The van der Waals surface area contributed by atoms with Crippen LogP contribution < -0.4 is 14.8 Å². The van der Waals surface area contributed by atoms with E-state index in [9.17, 15) is 14.4 Å². The molecule has 8 nitrogen and oxygen atoms in total. The number of rotatable bonds is 7. The van der Waals surface area contributed by atoms with E-state index in [1.165, 1.54) is 33.4 Å². The molecule has 2 aromatic rings. The van der Waals surface area contributed by atoms with Crippen molar-refractivity contribution in [1.29, 1.82) is 0 Å². The van der Waals surface area contributed by atoms with E-state index in [1.54, 1.807) is 18.2 Å². The molecule has 0 aliphatic heterocycles. The van der Waals surface area contributed by atoms with E-state index in [0.717, 1.165) is 0 Å². The molecule has 0 radical (unpaired) electrons. The van der Waals surface area contributed by atoms with Crippen LogP contribution in [0.4, 0.5) is 5.69 Å². The summed E-state index contributed by atoms with van der Waals surface area (Å²) in [6.45, 7) is 0.899. The van der Waals surface area contributed by atoms with Crippen LogP contribution in [0.5, 0.6) is 11.5 Å². The third-order valence-electron chi connectivity index (χ3n) is 3.33. The number of carbonyl (C=O) groups is 3. The maximum absolute atomic E-state index is 11.9. The molecule has 8 heteroatoms. The smallest absolute Gasteiger partial charge is 0.355 e. The fraction of sp³-hybridized carbons (Fsp3) is 0.235. The van der Waals surface area contributed by atoms with Crippen molar-refractivity contribution < 1.29 is 28.6 Å². The molecular formula is C17H18N2O6. The standard InChI is InChI=1S/C17H18N2O6/c1-10(20)11-6-14(18-8-11)17(22)25-9-16(21)19-13-5-4-12(23-2)7-15(13)24-3/h4-8,18H,9H2,1-3H3,(H,19,21). The number of nitrogens with one attached hydrogen (secondary N) is 2. The average Bonchev–Trinajstić information content (AvgIpc) is 3.10. The molecule has 0 atom stereocenters. The summed E-state index contributed by atoms with van der Waals surface area (Å²) in [7, 11) is 2.98. The number of hydrogen-bond acceptors (Lipinski definition) is 6. The van der Waals surface area contributed by atoms with Crippen LogP contribution in [-0.2, 0) is 9.53 Å². The lowest BCUT2D eigenvalue weighted by atomic mass is 10.2. The van der Waals surface area contributed by atoms with E-state index in [2.05, 4.69) is 10.3 Å². The lowest BCUT2D eigenvalue weighted by Gasteiger charge is -2.11. The molecular weight excluding hydrogens is 328 g/mol. The van der Waals surface area contributed by atoms with Crippen molar-refractivity contribution >= 4 is 23.3 Å². The third-order valence-corrected chi connectivity index (χ3v) is 3.33. The Kier molecular flexibility index (Phi) is 5.78. The van der Waals surface area contributed by atoms with Gasteiger partial charge in [0.15, 0.2) is 12.4 Å². The van der Waals surface area contributed by atoms with Crippen molar-refractivity contribution in [3.8, 4) is 11.5 Å². The van der Waals surface area contributed by atoms with E-state index in [-0.39, 0.29) is 11.5 Å². The number of esters is 1. The van der Waals surface area contributed by atoms with Crippen LogP contribution in [0, 0.1) is 0 Å². The molecule has 0 aliphatic rings. The van der Waals surface area contributed by atoms with Crippen LogP contribution in [0.1, 0.15) is 27.8 Å². The van der Waals surface area contributed by atoms with Gasteiger partial charge < -0.3 is 24.5 Å². The lowest BCUT2D eigenvalue weighted by molar-refractivity contribution is -0.119. The monoisotopic (exact) mass is 346 g/mol. The number of amides is 1. The summed E-state index contributed by atoms with van der Waals surface area (Å²) in [5.41, 5.74) is 0.877. The van der Waals surface area contributed by atoms with E-state index in [0.29, 0.717) is 22.7 Å². The fourth-order valence-electron chi connectivity index (χ4n) is 2.01. The van der Waals surface area contributed by atoms with Crippen LogP contribution in [0.2, 0.25) is 0 Å². The number of aromatic nitrogens is 1. The summed E-state index contributed by atoms with van der Waals surface area (Å²) < 4.78 is 15.2. The normalized spacial score (nSPS) is 10.0. The first-order chi connectivity index (χ1) is 11.9. The van der Waals surface area contributed by atoms with E-state index < -0.39 is 18.5 Å². The Bertz CT molecular complexity index is 796. The SMILES string of the molecule is COc1ccc(NC(=O)COC(=O)c2cc(C(C)=O)c[nH]2)c(OC)c1. The second-order valence-electron chi connectivity index (χ2n) is 5.05. The van der Waals surface area contributed by atoms with Gasteiger partial charge in [-0.1, -0.05) is 0 Å². The molecule has 1 amide bonds. The number of ether oxygens (including phenoxy) is 3. The third kappa shape index (κ3) is 4.60. The van der Waals surface area contributed by atoms with Crippen LogP contribution in [0.15, 0.2) is 30.5 Å². The van der Waals surface area contributed by atoms with E-state index >= 15 is 0 Å². The molecule has 0 saturated heterocycles. The predicted octanol–water partition coefficient (Wildman–Crippen LogP) is 2.03. The second-order valence-corrected chi connectivity index (χ2v) is 5.05. The minimum absolute atomic E-state index is 0.0972. The van der Waals surface area contributed by atoms with Gasteiger partial charge in [-0.2, -0.15) is 0 Å². The first-order valence-electron chi connectivity index (χ1n) is 7.33. The highest BCUT2D eigenvalue weighted by molar-refractivity contribution is 5.99. The minimum Gasteiger partial charge on any atom is -0.497 e. The van der Waals surface area contributed by atoms with Crippen molar-refractivity contribution in [3.63, 3.8) is 0 Å². The lowest BCUT2D eigenvalue weighted by Crippen LogP contribution is -2.21. The number of H-pyrrole nitrogens is 1. The van der Waals surface area contributed by atoms with Crippen molar-refractivity contribution in [1.82, 2.24) is 4.98 Å². The van der Waals surface area contributed by atoms with Gasteiger partial charge in [-0.3, -0.25) is 9.59 Å². The summed E-state index contributed by atoms with van der Waals surface area (Å²) in [4.78, 5) is 37.6. The Labute approximate surface area is 144 Å². The van der Waals surface area contributed by atoms with E-state index in [4.69, 9.17) is 14.2 Å². The number of aromatic amines is 1.